The van der Waals surface area contributed by atoms with E-state index in [0.717, 1.165) is 54.1 Å². The highest BCUT2D eigenvalue weighted by Crippen LogP contribution is 2.36. The molecule has 5 nitrogen and oxygen atoms in total. The highest BCUT2D eigenvalue weighted by Gasteiger charge is 2.26. The first kappa shape index (κ1) is 22.8. The van der Waals surface area contributed by atoms with Crippen molar-refractivity contribution < 1.29 is 15.3 Å². The summed E-state index contributed by atoms with van der Waals surface area (Å²) >= 11 is 1.78. The summed E-state index contributed by atoms with van der Waals surface area (Å²) < 4.78 is 0. The molecule has 4 N–H and O–H groups in total. The van der Waals surface area contributed by atoms with Gasteiger partial charge in [-0.3, -0.25) is 5.43 Å². The van der Waals surface area contributed by atoms with E-state index in [0.29, 0.717) is 11.8 Å². The molecule has 0 spiro atoms. The molecule has 0 bridgehead atoms. The largest absolute Gasteiger partial charge is 0.508 e. The quantitative estimate of drug-likeness (QED) is 0.177. The van der Waals surface area contributed by atoms with Crippen molar-refractivity contribution in [1.29, 1.82) is 0 Å². The zero-order chi connectivity index (χ0) is 21.3. The van der Waals surface area contributed by atoms with Gasteiger partial charge in [0.2, 0.25) is 0 Å². The van der Waals surface area contributed by atoms with E-state index in [2.05, 4.69) is 17.4 Å². The third kappa shape index (κ3) is 6.30. The van der Waals surface area contributed by atoms with E-state index >= 15 is 0 Å². The number of rotatable bonds is 11. The van der Waals surface area contributed by atoms with Gasteiger partial charge in [0.05, 0.1) is 0 Å². The average Bonchev–Trinajstić information content (AvgIpc) is 2.76. The standard InChI is InChI=1S/C24H34N2O3S/c1-2-3-4-5-15-26(25-14-16-30-21-10-8-20(27)9-11-21)19-7-12-22-18(17-19)6-13-23(28)24(22)29/h6,8-11,13,19,25,27-29H,2-5,7,12,14-17H2,1H3. The van der Waals surface area contributed by atoms with Gasteiger partial charge in [0, 0.05) is 35.3 Å². The molecule has 1 unspecified atom stereocenters. The van der Waals surface area contributed by atoms with Crippen LogP contribution in [0.4, 0.5) is 0 Å². The van der Waals surface area contributed by atoms with Crippen LogP contribution >= 0.6 is 11.8 Å². The van der Waals surface area contributed by atoms with Crippen LogP contribution in [0.5, 0.6) is 17.2 Å². The number of hydrogen-bond donors (Lipinski definition) is 4. The van der Waals surface area contributed by atoms with E-state index in [1.54, 1.807) is 30.0 Å². The number of phenols is 3. The van der Waals surface area contributed by atoms with Gasteiger partial charge in [0.15, 0.2) is 11.5 Å². The van der Waals surface area contributed by atoms with Crippen LogP contribution in [0.2, 0.25) is 0 Å². The Kier molecular flexibility index (Phi) is 8.73. The van der Waals surface area contributed by atoms with Crippen molar-refractivity contribution in [3.05, 3.63) is 47.5 Å². The predicted octanol–water partition coefficient (Wildman–Crippen LogP) is 4.84. The summed E-state index contributed by atoms with van der Waals surface area (Å²) in [5.74, 6) is 1.29. The van der Waals surface area contributed by atoms with E-state index in [-0.39, 0.29) is 11.5 Å². The number of aromatic hydroxyl groups is 3. The molecule has 1 atom stereocenters. The van der Waals surface area contributed by atoms with Gasteiger partial charge in [-0.1, -0.05) is 32.3 Å². The minimum atomic E-state index is -0.0204. The molecule has 0 aromatic heterocycles. The smallest absolute Gasteiger partial charge is 0.160 e. The Morgan fingerprint density at radius 3 is 2.60 bits per heavy atom. The second-order valence-electron chi connectivity index (χ2n) is 7.97. The minimum Gasteiger partial charge on any atom is -0.508 e. The lowest BCUT2D eigenvalue weighted by atomic mass is 9.87. The summed E-state index contributed by atoms with van der Waals surface area (Å²) in [6.07, 6.45) is 7.56. The maximum atomic E-state index is 10.2. The van der Waals surface area contributed by atoms with Crippen LogP contribution in [-0.2, 0) is 12.8 Å². The first-order valence-corrected chi connectivity index (χ1v) is 12.0. The van der Waals surface area contributed by atoms with E-state index in [1.807, 2.05) is 18.2 Å². The second-order valence-corrected chi connectivity index (χ2v) is 9.14. The van der Waals surface area contributed by atoms with Crippen molar-refractivity contribution in [2.24, 2.45) is 0 Å². The van der Waals surface area contributed by atoms with Crippen LogP contribution in [0.3, 0.4) is 0 Å². The molecule has 0 radical (unpaired) electrons. The van der Waals surface area contributed by atoms with Crippen LogP contribution in [0, 0.1) is 0 Å². The van der Waals surface area contributed by atoms with Gasteiger partial charge in [-0.05, 0) is 61.6 Å². The van der Waals surface area contributed by atoms with Crippen molar-refractivity contribution in [1.82, 2.24) is 10.4 Å². The fourth-order valence-corrected chi connectivity index (χ4v) is 4.83. The molecular weight excluding hydrogens is 396 g/mol. The fourth-order valence-electron chi connectivity index (χ4n) is 4.07. The van der Waals surface area contributed by atoms with Crippen molar-refractivity contribution in [2.75, 3.05) is 18.8 Å². The summed E-state index contributed by atoms with van der Waals surface area (Å²) in [7, 11) is 0. The van der Waals surface area contributed by atoms with Gasteiger partial charge < -0.3 is 15.3 Å². The molecule has 0 saturated carbocycles. The Morgan fingerprint density at radius 2 is 1.83 bits per heavy atom. The van der Waals surface area contributed by atoms with Gasteiger partial charge >= 0.3 is 0 Å². The number of nitrogens with one attached hydrogen (secondary N) is 1. The van der Waals surface area contributed by atoms with Crippen LogP contribution in [0.1, 0.15) is 50.2 Å². The lowest BCUT2D eigenvalue weighted by molar-refractivity contribution is 0.112. The van der Waals surface area contributed by atoms with E-state index in [1.165, 1.54) is 25.7 Å². The molecule has 0 aliphatic heterocycles. The molecule has 0 heterocycles. The summed E-state index contributed by atoms with van der Waals surface area (Å²) in [5, 5.41) is 31.8. The zero-order valence-corrected chi connectivity index (χ0v) is 18.6. The SMILES string of the molecule is CCCCCCN(NCCSc1ccc(O)cc1)C1CCc2c(ccc(O)c2O)C1. The van der Waals surface area contributed by atoms with Crippen LogP contribution < -0.4 is 5.43 Å². The van der Waals surface area contributed by atoms with Crippen LogP contribution in [-0.4, -0.2) is 45.2 Å². The number of benzene rings is 2. The van der Waals surface area contributed by atoms with Gasteiger partial charge in [-0.15, -0.1) is 11.8 Å². The number of fused-ring (bicyclic) bond motifs is 1. The first-order chi connectivity index (χ1) is 14.6. The van der Waals surface area contributed by atoms with Gasteiger partial charge in [-0.25, -0.2) is 5.01 Å². The predicted molar refractivity (Wildman–Crippen MR) is 123 cm³/mol. The molecule has 6 heteroatoms. The topological polar surface area (TPSA) is 76.0 Å². The van der Waals surface area contributed by atoms with Crippen LogP contribution in [0.25, 0.3) is 0 Å². The zero-order valence-electron chi connectivity index (χ0n) is 17.8. The number of phenolic OH excluding ortho intramolecular Hbond substituents is 3. The summed E-state index contributed by atoms with van der Waals surface area (Å²) in [4.78, 5) is 1.16. The average molecular weight is 431 g/mol. The lowest BCUT2D eigenvalue weighted by Crippen LogP contribution is -2.49. The third-order valence-corrected chi connectivity index (χ3v) is 6.77. The molecule has 1 aliphatic carbocycles. The Hall–Kier alpha value is -1.89. The third-order valence-electron chi connectivity index (χ3n) is 5.76. The maximum absolute atomic E-state index is 10.2. The first-order valence-electron chi connectivity index (χ1n) is 11.0. The molecular formula is C24H34N2O3S. The van der Waals surface area contributed by atoms with E-state index < -0.39 is 0 Å². The number of thioether (sulfide) groups is 1. The molecule has 1 aliphatic rings. The second kappa shape index (κ2) is 11.5. The molecule has 3 rings (SSSR count). The van der Waals surface area contributed by atoms with Crippen molar-refractivity contribution in [3.63, 3.8) is 0 Å². The Bertz CT molecular complexity index is 798. The number of nitrogens with zero attached hydrogens (tertiary/aromatic N) is 1. The normalized spacial score (nSPS) is 16.0. The molecule has 0 fully saturated rings. The summed E-state index contributed by atoms with van der Waals surface area (Å²) in [6, 6.07) is 11.3. The monoisotopic (exact) mass is 430 g/mol. The highest BCUT2D eigenvalue weighted by molar-refractivity contribution is 7.99. The summed E-state index contributed by atoms with van der Waals surface area (Å²) in [6.45, 7) is 4.13. The molecule has 164 valence electrons. The number of hydrazine groups is 1. The van der Waals surface area contributed by atoms with Gasteiger partial charge in [0.25, 0.3) is 0 Å². The molecule has 2 aromatic rings. The Balaban J connectivity index is 1.56. The maximum Gasteiger partial charge on any atom is 0.160 e. The van der Waals surface area contributed by atoms with Gasteiger partial charge in [-0.2, -0.15) is 0 Å². The number of unbranched alkanes of at least 4 members (excludes halogenated alkanes) is 3. The Labute approximate surface area is 184 Å². The van der Waals surface area contributed by atoms with Crippen LogP contribution in [0.15, 0.2) is 41.3 Å². The fraction of sp³-hybridized carbons (Fsp3) is 0.500. The molecule has 0 amide bonds. The number of hydrogen-bond acceptors (Lipinski definition) is 6. The highest BCUT2D eigenvalue weighted by atomic mass is 32.2. The molecule has 2 aromatic carbocycles. The lowest BCUT2D eigenvalue weighted by Gasteiger charge is -2.36. The van der Waals surface area contributed by atoms with Crippen molar-refractivity contribution >= 4 is 11.8 Å². The van der Waals surface area contributed by atoms with Gasteiger partial charge in [0.1, 0.15) is 5.75 Å². The molecule has 30 heavy (non-hydrogen) atoms. The van der Waals surface area contributed by atoms with E-state index in [4.69, 9.17) is 0 Å². The van der Waals surface area contributed by atoms with Crippen molar-refractivity contribution in [3.8, 4) is 17.2 Å². The Morgan fingerprint density at radius 1 is 1.03 bits per heavy atom. The summed E-state index contributed by atoms with van der Waals surface area (Å²) in [5.41, 5.74) is 5.70. The molecule has 0 saturated heterocycles. The van der Waals surface area contributed by atoms with E-state index in [9.17, 15) is 15.3 Å². The van der Waals surface area contributed by atoms with Crippen molar-refractivity contribution in [2.45, 2.75) is 62.8 Å². The minimum absolute atomic E-state index is 0.0204.